The third-order valence-corrected chi connectivity index (χ3v) is 6.46. The number of rotatable bonds is 5. The highest BCUT2D eigenvalue weighted by Gasteiger charge is 2.20. The van der Waals surface area contributed by atoms with Crippen molar-refractivity contribution in [3.63, 3.8) is 0 Å². The van der Waals surface area contributed by atoms with E-state index in [-0.39, 0.29) is 11.8 Å². The third kappa shape index (κ3) is 4.06. The van der Waals surface area contributed by atoms with Crippen LogP contribution in [0.15, 0.2) is 54.6 Å². The van der Waals surface area contributed by atoms with Crippen molar-refractivity contribution < 1.29 is 9.59 Å². The molecular formula is C23H21ClN4O2S. The summed E-state index contributed by atoms with van der Waals surface area (Å²) < 4.78 is 1.80. The van der Waals surface area contributed by atoms with Crippen molar-refractivity contribution >= 4 is 45.0 Å². The highest BCUT2D eigenvalue weighted by molar-refractivity contribution is 7.20. The van der Waals surface area contributed by atoms with E-state index in [1.807, 2.05) is 49.4 Å². The van der Waals surface area contributed by atoms with Gasteiger partial charge in [-0.05, 0) is 42.8 Å². The number of fused-ring (bicyclic) bond motifs is 1. The van der Waals surface area contributed by atoms with E-state index in [0.29, 0.717) is 22.0 Å². The van der Waals surface area contributed by atoms with E-state index >= 15 is 0 Å². The van der Waals surface area contributed by atoms with Gasteiger partial charge in [-0.1, -0.05) is 35.9 Å². The Morgan fingerprint density at radius 3 is 2.55 bits per heavy atom. The fourth-order valence-electron chi connectivity index (χ4n) is 3.38. The van der Waals surface area contributed by atoms with Gasteiger partial charge in [0.2, 0.25) is 0 Å². The molecule has 0 atom stereocenters. The molecule has 31 heavy (non-hydrogen) atoms. The van der Waals surface area contributed by atoms with Gasteiger partial charge in [0, 0.05) is 31.6 Å². The molecule has 0 fully saturated rings. The van der Waals surface area contributed by atoms with Crippen molar-refractivity contribution in [2.75, 3.05) is 14.1 Å². The molecular weight excluding hydrogens is 432 g/mol. The molecule has 1 N–H and O–H groups in total. The van der Waals surface area contributed by atoms with Crippen molar-refractivity contribution in [3.05, 3.63) is 81.3 Å². The lowest BCUT2D eigenvalue weighted by Gasteiger charge is -2.16. The average molecular weight is 453 g/mol. The van der Waals surface area contributed by atoms with Crippen molar-refractivity contribution in [2.45, 2.75) is 13.5 Å². The van der Waals surface area contributed by atoms with Crippen LogP contribution in [-0.4, -0.2) is 40.6 Å². The maximum absolute atomic E-state index is 13.1. The van der Waals surface area contributed by atoms with Crippen LogP contribution in [0, 0.1) is 6.92 Å². The molecule has 2 amide bonds. The summed E-state index contributed by atoms with van der Waals surface area (Å²) >= 11 is 7.76. The number of nitrogens with zero attached hydrogens (tertiary/aromatic N) is 3. The van der Waals surface area contributed by atoms with Crippen LogP contribution >= 0.6 is 22.9 Å². The summed E-state index contributed by atoms with van der Waals surface area (Å²) in [5, 5.41) is 8.75. The largest absolute Gasteiger partial charge is 0.355 e. The molecule has 0 saturated heterocycles. The topological polar surface area (TPSA) is 67.2 Å². The highest BCUT2D eigenvalue weighted by atomic mass is 35.5. The maximum atomic E-state index is 13.1. The Morgan fingerprint density at radius 1 is 1.16 bits per heavy atom. The lowest BCUT2D eigenvalue weighted by molar-refractivity contribution is 0.0789. The first-order valence-corrected chi connectivity index (χ1v) is 10.9. The molecule has 2 aromatic heterocycles. The summed E-state index contributed by atoms with van der Waals surface area (Å²) in [7, 11) is 3.37. The second kappa shape index (κ2) is 8.53. The molecule has 0 aliphatic rings. The minimum absolute atomic E-state index is 0.0679. The molecule has 0 radical (unpaired) electrons. The predicted octanol–water partition coefficient (Wildman–Crippen LogP) is 4.68. The van der Waals surface area contributed by atoms with Gasteiger partial charge in [0.1, 0.15) is 4.83 Å². The highest BCUT2D eigenvalue weighted by Crippen LogP contribution is 2.33. The monoisotopic (exact) mass is 452 g/mol. The van der Waals surface area contributed by atoms with E-state index in [2.05, 4.69) is 10.4 Å². The fraction of sp³-hybridized carbons (Fsp3) is 0.174. The molecule has 2 aromatic carbocycles. The van der Waals surface area contributed by atoms with Crippen molar-refractivity contribution in [1.82, 2.24) is 20.0 Å². The van der Waals surface area contributed by atoms with Gasteiger partial charge in [0.05, 0.1) is 21.3 Å². The fourth-order valence-corrected chi connectivity index (χ4v) is 4.77. The van der Waals surface area contributed by atoms with Crippen LogP contribution in [0.2, 0.25) is 5.02 Å². The SMILES string of the molecule is CNC(=O)c1ccc(CN(C)C(=O)c2cc3c(C)nn(-c4ccccc4Cl)c3s2)cc1. The average Bonchev–Trinajstić information content (AvgIpc) is 3.34. The van der Waals surface area contributed by atoms with E-state index in [1.54, 1.807) is 35.8 Å². The summed E-state index contributed by atoms with van der Waals surface area (Å²) in [6, 6.07) is 16.6. The van der Waals surface area contributed by atoms with Crippen molar-refractivity contribution in [3.8, 4) is 5.69 Å². The number of aryl methyl sites for hydroxylation is 1. The van der Waals surface area contributed by atoms with Gasteiger partial charge in [-0.2, -0.15) is 5.10 Å². The molecule has 2 heterocycles. The molecule has 4 rings (SSSR count). The number of nitrogens with one attached hydrogen (secondary N) is 1. The Kier molecular flexibility index (Phi) is 5.80. The molecule has 0 spiro atoms. The van der Waals surface area contributed by atoms with Crippen molar-refractivity contribution in [1.29, 1.82) is 0 Å². The number of carbonyl (C=O) groups is 2. The summed E-state index contributed by atoms with van der Waals surface area (Å²) in [5.41, 5.74) is 3.16. The normalized spacial score (nSPS) is 11.0. The summed E-state index contributed by atoms with van der Waals surface area (Å²) in [6.45, 7) is 2.37. The maximum Gasteiger partial charge on any atom is 0.264 e. The van der Waals surface area contributed by atoms with E-state index in [1.165, 1.54) is 11.3 Å². The molecule has 0 unspecified atom stereocenters. The summed E-state index contributed by atoms with van der Waals surface area (Å²) in [6.07, 6.45) is 0. The number of hydrogen-bond donors (Lipinski definition) is 1. The van der Waals surface area contributed by atoms with Gasteiger partial charge in [-0.25, -0.2) is 4.68 Å². The summed E-state index contributed by atoms with van der Waals surface area (Å²) in [4.78, 5) is 28.0. The quantitative estimate of drug-likeness (QED) is 0.478. The smallest absolute Gasteiger partial charge is 0.264 e. The molecule has 4 aromatic rings. The molecule has 0 saturated carbocycles. The Labute approximate surface area is 189 Å². The lowest BCUT2D eigenvalue weighted by atomic mass is 10.1. The Balaban J connectivity index is 1.58. The lowest BCUT2D eigenvalue weighted by Crippen LogP contribution is -2.25. The number of aromatic nitrogens is 2. The predicted molar refractivity (Wildman–Crippen MR) is 124 cm³/mol. The Bertz CT molecular complexity index is 1280. The van der Waals surface area contributed by atoms with Crippen LogP contribution in [0.4, 0.5) is 0 Å². The van der Waals surface area contributed by atoms with Gasteiger partial charge in [-0.3, -0.25) is 9.59 Å². The number of thiophene rings is 1. The number of benzene rings is 2. The number of amides is 2. The molecule has 6 nitrogen and oxygen atoms in total. The second-order valence-corrected chi connectivity index (χ2v) is 8.65. The van der Waals surface area contributed by atoms with Gasteiger partial charge < -0.3 is 10.2 Å². The minimum atomic E-state index is -0.135. The van der Waals surface area contributed by atoms with E-state index in [4.69, 9.17) is 11.6 Å². The number of carbonyl (C=O) groups excluding carboxylic acids is 2. The second-order valence-electron chi connectivity index (χ2n) is 7.22. The Morgan fingerprint density at radius 2 is 1.87 bits per heavy atom. The van der Waals surface area contributed by atoms with Crippen LogP contribution in [0.3, 0.4) is 0 Å². The first-order chi connectivity index (χ1) is 14.9. The number of hydrogen-bond acceptors (Lipinski definition) is 4. The van der Waals surface area contributed by atoms with Crippen LogP contribution < -0.4 is 5.32 Å². The minimum Gasteiger partial charge on any atom is -0.355 e. The zero-order chi connectivity index (χ0) is 22.1. The van der Waals surface area contributed by atoms with Crippen LogP contribution in [0.1, 0.15) is 31.3 Å². The van der Waals surface area contributed by atoms with E-state index < -0.39 is 0 Å². The van der Waals surface area contributed by atoms with Gasteiger partial charge in [0.25, 0.3) is 11.8 Å². The molecule has 158 valence electrons. The summed E-state index contributed by atoms with van der Waals surface area (Å²) in [5.74, 6) is -0.203. The van der Waals surface area contributed by atoms with Gasteiger partial charge >= 0.3 is 0 Å². The molecule has 0 aliphatic carbocycles. The van der Waals surface area contributed by atoms with Crippen LogP contribution in [0.25, 0.3) is 15.9 Å². The molecule has 0 bridgehead atoms. The zero-order valence-electron chi connectivity index (χ0n) is 17.3. The standard InChI is InChI=1S/C23H21ClN4O2S/c1-14-17-12-20(31-23(17)28(26-14)19-7-5-4-6-18(19)24)22(30)27(3)13-15-8-10-16(11-9-15)21(29)25-2/h4-12H,13H2,1-3H3,(H,25,29). The first kappa shape index (κ1) is 21.1. The first-order valence-electron chi connectivity index (χ1n) is 9.69. The number of para-hydroxylation sites is 1. The van der Waals surface area contributed by atoms with Gasteiger partial charge in [0.15, 0.2) is 0 Å². The number of halogens is 1. The van der Waals surface area contributed by atoms with Crippen molar-refractivity contribution in [2.24, 2.45) is 0 Å². The van der Waals surface area contributed by atoms with Crippen LogP contribution in [-0.2, 0) is 6.54 Å². The zero-order valence-corrected chi connectivity index (χ0v) is 18.9. The molecule has 8 heteroatoms. The molecule has 0 aliphatic heterocycles. The third-order valence-electron chi connectivity index (χ3n) is 5.05. The van der Waals surface area contributed by atoms with E-state index in [0.717, 1.165) is 27.2 Å². The Hall–Kier alpha value is -3.16. The van der Waals surface area contributed by atoms with Gasteiger partial charge in [-0.15, -0.1) is 11.3 Å². The van der Waals surface area contributed by atoms with E-state index in [9.17, 15) is 9.59 Å². The van der Waals surface area contributed by atoms with Crippen LogP contribution in [0.5, 0.6) is 0 Å².